The average Bonchev–Trinajstić information content (AvgIpc) is 2.34. The maximum atomic E-state index is 12.1. The first-order valence-corrected chi connectivity index (χ1v) is 6.13. The van der Waals surface area contributed by atoms with Gasteiger partial charge >= 0.3 is 0 Å². The molecule has 1 aliphatic heterocycles. The van der Waals surface area contributed by atoms with Gasteiger partial charge in [-0.3, -0.25) is 4.79 Å². The SMILES string of the molecule is [N-]=[N+]=NC1CCCN(c2ccc(Br)cc2)C1=O. The molecule has 5 nitrogen and oxygen atoms in total. The zero-order chi connectivity index (χ0) is 12.3. The highest BCUT2D eigenvalue weighted by molar-refractivity contribution is 9.10. The van der Waals surface area contributed by atoms with Gasteiger partial charge in [0.05, 0.1) is 0 Å². The Labute approximate surface area is 107 Å². The molecular formula is C11H11BrN4O. The van der Waals surface area contributed by atoms with Crippen LogP contribution in [0, 0.1) is 0 Å². The van der Waals surface area contributed by atoms with E-state index in [1.165, 1.54) is 0 Å². The van der Waals surface area contributed by atoms with Crippen molar-refractivity contribution >= 4 is 27.5 Å². The maximum Gasteiger partial charge on any atom is 0.235 e. The number of hydrogen-bond acceptors (Lipinski definition) is 2. The second-order valence-electron chi connectivity index (χ2n) is 3.83. The van der Waals surface area contributed by atoms with Crippen LogP contribution >= 0.6 is 15.9 Å². The van der Waals surface area contributed by atoms with Gasteiger partial charge in [-0.25, -0.2) is 0 Å². The number of carbonyl (C=O) groups excluding carboxylic acids is 1. The molecule has 1 heterocycles. The van der Waals surface area contributed by atoms with Crippen molar-refractivity contribution < 1.29 is 4.79 Å². The fraction of sp³-hybridized carbons (Fsp3) is 0.364. The molecule has 0 spiro atoms. The van der Waals surface area contributed by atoms with Crippen molar-refractivity contribution in [3.63, 3.8) is 0 Å². The Hall–Kier alpha value is -1.52. The van der Waals surface area contributed by atoms with E-state index in [0.29, 0.717) is 13.0 Å². The summed E-state index contributed by atoms with van der Waals surface area (Å²) < 4.78 is 0.970. The number of amides is 1. The lowest BCUT2D eigenvalue weighted by Gasteiger charge is -2.30. The Morgan fingerprint density at radius 2 is 2.12 bits per heavy atom. The van der Waals surface area contributed by atoms with E-state index in [1.54, 1.807) is 4.90 Å². The van der Waals surface area contributed by atoms with Crippen LogP contribution in [-0.2, 0) is 4.79 Å². The molecule has 1 atom stereocenters. The van der Waals surface area contributed by atoms with E-state index in [1.807, 2.05) is 24.3 Å². The lowest BCUT2D eigenvalue weighted by Crippen LogP contribution is -2.43. The van der Waals surface area contributed by atoms with Crippen LogP contribution in [0.15, 0.2) is 33.9 Å². The molecule has 0 aromatic heterocycles. The van der Waals surface area contributed by atoms with Crippen molar-refractivity contribution in [2.24, 2.45) is 5.11 Å². The topological polar surface area (TPSA) is 69.1 Å². The highest BCUT2D eigenvalue weighted by Gasteiger charge is 2.28. The molecule has 0 N–H and O–H groups in total. The Balaban J connectivity index is 2.23. The first-order valence-electron chi connectivity index (χ1n) is 5.33. The van der Waals surface area contributed by atoms with Crippen molar-refractivity contribution in [3.05, 3.63) is 39.2 Å². The lowest BCUT2D eigenvalue weighted by molar-refractivity contribution is -0.120. The van der Waals surface area contributed by atoms with Gasteiger partial charge in [0.25, 0.3) is 0 Å². The van der Waals surface area contributed by atoms with Gasteiger partial charge in [-0.15, -0.1) is 0 Å². The molecule has 1 fully saturated rings. The number of rotatable bonds is 2. The number of carbonyl (C=O) groups is 1. The normalized spacial score (nSPS) is 19.9. The fourth-order valence-electron chi connectivity index (χ4n) is 1.90. The number of nitrogens with zero attached hydrogens (tertiary/aromatic N) is 4. The minimum Gasteiger partial charge on any atom is -0.312 e. The summed E-state index contributed by atoms with van der Waals surface area (Å²) in [6.45, 7) is 0.678. The maximum absolute atomic E-state index is 12.1. The Morgan fingerprint density at radius 3 is 2.76 bits per heavy atom. The average molecular weight is 295 g/mol. The lowest BCUT2D eigenvalue weighted by atomic mass is 10.0. The summed E-state index contributed by atoms with van der Waals surface area (Å²) in [5, 5.41) is 3.54. The Bertz CT molecular complexity index is 467. The summed E-state index contributed by atoms with van der Waals surface area (Å²) in [5.41, 5.74) is 9.25. The van der Waals surface area contributed by atoms with Gasteiger partial charge in [0, 0.05) is 21.6 Å². The van der Waals surface area contributed by atoms with E-state index in [4.69, 9.17) is 5.53 Å². The summed E-state index contributed by atoms with van der Waals surface area (Å²) in [4.78, 5) is 16.4. The monoisotopic (exact) mass is 294 g/mol. The number of azide groups is 1. The predicted molar refractivity (Wildman–Crippen MR) is 68.7 cm³/mol. The standard InChI is InChI=1S/C11H11BrN4O/c12-8-3-5-9(6-4-8)16-7-1-2-10(11(16)17)14-15-13/h3-6,10H,1-2,7H2. The summed E-state index contributed by atoms with van der Waals surface area (Å²) in [6, 6.07) is 6.97. The van der Waals surface area contributed by atoms with Gasteiger partial charge in [-0.1, -0.05) is 21.0 Å². The van der Waals surface area contributed by atoms with Crippen molar-refractivity contribution in [1.82, 2.24) is 0 Å². The molecule has 6 heteroatoms. The summed E-state index contributed by atoms with van der Waals surface area (Å²) >= 11 is 3.35. The molecule has 1 amide bonds. The molecule has 1 unspecified atom stereocenters. The Morgan fingerprint density at radius 1 is 1.41 bits per heavy atom. The van der Waals surface area contributed by atoms with Crippen LogP contribution in [0.4, 0.5) is 5.69 Å². The number of halogens is 1. The van der Waals surface area contributed by atoms with E-state index in [9.17, 15) is 4.79 Å². The third-order valence-corrected chi connectivity index (χ3v) is 3.27. The minimum absolute atomic E-state index is 0.114. The quantitative estimate of drug-likeness (QED) is 0.469. The molecule has 1 aliphatic rings. The third kappa shape index (κ3) is 2.60. The molecular weight excluding hydrogens is 284 g/mol. The van der Waals surface area contributed by atoms with Gasteiger partial charge in [-0.2, -0.15) is 0 Å². The fourth-order valence-corrected chi connectivity index (χ4v) is 2.17. The van der Waals surface area contributed by atoms with E-state index in [0.717, 1.165) is 16.6 Å². The first-order chi connectivity index (χ1) is 8.22. The van der Waals surface area contributed by atoms with Crippen molar-refractivity contribution in [2.75, 3.05) is 11.4 Å². The van der Waals surface area contributed by atoms with Crippen LogP contribution in [-0.4, -0.2) is 18.5 Å². The van der Waals surface area contributed by atoms with Crippen LogP contribution in [0.25, 0.3) is 10.4 Å². The molecule has 0 radical (unpaired) electrons. The zero-order valence-corrected chi connectivity index (χ0v) is 10.7. The molecule has 1 aromatic rings. The van der Waals surface area contributed by atoms with Gasteiger partial charge in [0.2, 0.25) is 5.91 Å². The van der Waals surface area contributed by atoms with Crippen molar-refractivity contribution in [1.29, 1.82) is 0 Å². The smallest absolute Gasteiger partial charge is 0.235 e. The van der Waals surface area contributed by atoms with E-state index < -0.39 is 6.04 Å². The molecule has 17 heavy (non-hydrogen) atoms. The first kappa shape index (κ1) is 12.0. The second kappa shape index (κ2) is 5.21. The van der Waals surface area contributed by atoms with Crippen LogP contribution < -0.4 is 4.90 Å². The van der Waals surface area contributed by atoms with Crippen LogP contribution in [0.5, 0.6) is 0 Å². The minimum atomic E-state index is -0.558. The number of piperidine rings is 1. The largest absolute Gasteiger partial charge is 0.312 e. The van der Waals surface area contributed by atoms with Gasteiger partial charge in [0.1, 0.15) is 6.04 Å². The molecule has 0 bridgehead atoms. The highest BCUT2D eigenvalue weighted by Crippen LogP contribution is 2.24. The van der Waals surface area contributed by atoms with E-state index >= 15 is 0 Å². The number of hydrogen-bond donors (Lipinski definition) is 0. The number of benzene rings is 1. The van der Waals surface area contributed by atoms with Crippen LogP contribution in [0.1, 0.15) is 12.8 Å². The van der Waals surface area contributed by atoms with Crippen molar-refractivity contribution in [2.45, 2.75) is 18.9 Å². The van der Waals surface area contributed by atoms with Gasteiger partial charge in [-0.05, 0) is 42.6 Å². The predicted octanol–water partition coefficient (Wildman–Crippen LogP) is 3.25. The zero-order valence-electron chi connectivity index (χ0n) is 9.08. The summed E-state index contributed by atoms with van der Waals surface area (Å²) in [7, 11) is 0. The molecule has 2 rings (SSSR count). The molecule has 88 valence electrons. The molecule has 0 aliphatic carbocycles. The second-order valence-corrected chi connectivity index (χ2v) is 4.74. The van der Waals surface area contributed by atoms with Gasteiger partial charge in [0.15, 0.2) is 0 Å². The van der Waals surface area contributed by atoms with Crippen LogP contribution in [0.2, 0.25) is 0 Å². The van der Waals surface area contributed by atoms with E-state index in [2.05, 4.69) is 26.0 Å². The summed E-state index contributed by atoms with van der Waals surface area (Å²) in [6.07, 6.45) is 1.49. The van der Waals surface area contributed by atoms with E-state index in [-0.39, 0.29) is 5.91 Å². The van der Waals surface area contributed by atoms with Crippen molar-refractivity contribution in [3.8, 4) is 0 Å². The Kier molecular flexibility index (Phi) is 3.66. The van der Waals surface area contributed by atoms with Crippen LogP contribution in [0.3, 0.4) is 0 Å². The summed E-state index contributed by atoms with van der Waals surface area (Å²) in [5.74, 6) is -0.114. The molecule has 0 saturated carbocycles. The van der Waals surface area contributed by atoms with Gasteiger partial charge < -0.3 is 4.90 Å². The molecule has 1 saturated heterocycles. The highest BCUT2D eigenvalue weighted by atomic mass is 79.9. The molecule has 1 aromatic carbocycles. The third-order valence-electron chi connectivity index (χ3n) is 2.74. The number of anilines is 1.